The van der Waals surface area contributed by atoms with E-state index >= 15 is 0 Å². The van der Waals surface area contributed by atoms with Gasteiger partial charge >= 0.3 is 0 Å². The van der Waals surface area contributed by atoms with Gasteiger partial charge in [-0.3, -0.25) is 20.3 Å². The molecule has 0 saturated carbocycles. The van der Waals surface area contributed by atoms with Crippen molar-refractivity contribution in [3.63, 3.8) is 0 Å². The first-order chi connectivity index (χ1) is 8.99. The number of halogens is 1. The van der Waals surface area contributed by atoms with E-state index in [0.29, 0.717) is 16.9 Å². The molecule has 2 aromatic rings. The molecule has 100 valence electrons. The maximum atomic E-state index is 12.7. The average Bonchev–Trinajstić information content (AvgIpc) is 2.62. The zero-order chi connectivity index (χ0) is 14.0. The number of rotatable bonds is 3. The van der Waals surface area contributed by atoms with E-state index in [1.54, 1.807) is 30.8 Å². The van der Waals surface area contributed by atoms with Crippen LogP contribution < -0.4 is 10.9 Å². The Labute approximate surface area is 110 Å². The van der Waals surface area contributed by atoms with Crippen LogP contribution in [-0.4, -0.2) is 15.7 Å². The van der Waals surface area contributed by atoms with Crippen LogP contribution in [0.25, 0.3) is 0 Å². The molecule has 2 N–H and O–H groups in total. The molecule has 5 nitrogen and oxygen atoms in total. The second kappa shape index (κ2) is 5.09. The van der Waals surface area contributed by atoms with Crippen LogP contribution in [0.5, 0.6) is 0 Å². The summed E-state index contributed by atoms with van der Waals surface area (Å²) in [5.41, 5.74) is 7.89. The summed E-state index contributed by atoms with van der Waals surface area (Å²) in [6.07, 6.45) is 0. The van der Waals surface area contributed by atoms with E-state index < -0.39 is 0 Å². The summed E-state index contributed by atoms with van der Waals surface area (Å²) < 4.78 is 14.4. The van der Waals surface area contributed by atoms with Crippen molar-refractivity contribution < 1.29 is 9.18 Å². The molecule has 1 amide bonds. The number of nitrogens with zero attached hydrogens (tertiary/aromatic N) is 2. The molecule has 0 atom stereocenters. The minimum atomic E-state index is -0.323. The van der Waals surface area contributed by atoms with Crippen molar-refractivity contribution in [1.29, 1.82) is 0 Å². The van der Waals surface area contributed by atoms with Crippen molar-refractivity contribution >= 4 is 11.6 Å². The summed E-state index contributed by atoms with van der Waals surface area (Å²) in [6, 6.07) is 5.71. The van der Waals surface area contributed by atoms with E-state index in [0.717, 1.165) is 5.69 Å². The molecular weight excluding hydrogens is 247 g/mol. The van der Waals surface area contributed by atoms with Crippen molar-refractivity contribution in [2.45, 2.75) is 13.8 Å². The third-order valence-corrected chi connectivity index (χ3v) is 2.90. The summed E-state index contributed by atoms with van der Waals surface area (Å²) in [4.78, 5) is 12.0. The zero-order valence-electron chi connectivity index (χ0n) is 11.0. The van der Waals surface area contributed by atoms with Gasteiger partial charge in [0.2, 0.25) is 0 Å². The highest BCUT2D eigenvalue weighted by Crippen LogP contribution is 2.12. The number of nitrogens with one attached hydrogen (secondary N) is 2. The molecule has 1 aromatic carbocycles. The molecule has 2 rings (SSSR count). The second-order valence-corrected chi connectivity index (χ2v) is 4.26. The standard InChI is InChI=1S/C13H15FN4O/c1-8-12(9(2)18(3)17-8)13(19)16-15-11-6-4-10(14)5-7-11/h4-7,15H,1-3H3,(H,16,19). The number of hydrazine groups is 1. The van der Waals surface area contributed by atoms with Crippen LogP contribution in [0, 0.1) is 19.7 Å². The molecule has 0 aliphatic heterocycles. The highest BCUT2D eigenvalue weighted by atomic mass is 19.1. The third-order valence-electron chi connectivity index (χ3n) is 2.90. The lowest BCUT2D eigenvalue weighted by molar-refractivity contribution is 0.0961. The Morgan fingerprint density at radius 1 is 1.26 bits per heavy atom. The first-order valence-electron chi connectivity index (χ1n) is 5.81. The van der Waals surface area contributed by atoms with Gasteiger partial charge in [0, 0.05) is 12.7 Å². The van der Waals surface area contributed by atoms with Gasteiger partial charge in [0.1, 0.15) is 5.82 Å². The molecule has 0 unspecified atom stereocenters. The molecule has 19 heavy (non-hydrogen) atoms. The Bertz CT molecular complexity index is 604. The van der Waals surface area contributed by atoms with Gasteiger partial charge in [0.15, 0.2) is 0 Å². The molecular formula is C13H15FN4O. The smallest absolute Gasteiger partial charge is 0.273 e. The van der Waals surface area contributed by atoms with Gasteiger partial charge in [-0.1, -0.05) is 0 Å². The monoisotopic (exact) mass is 262 g/mol. The van der Waals surface area contributed by atoms with Crippen molar-refractivity contribution in [3.05, 3.63) is 47.0 Å². The van der Waals surface area contributed by atoms with E-state index in [4.69, 9.17) is 0 Å². The zero-order valence-corrected chi connectivity index (χ0v) is 11.0. The molecule has 6 heteroatoms. The minimum Gasteiger partial charge on any atom is -0.298 e. The lowest BCUT2D eigenvalue weighted by Gasteiger charge is -2.08. The molecule has 0 fully saturated rings. The SMILES string of the molecule is Cc1nn(C)c(C)c1C(=O)NNc1ccc(F)cc1. The van der Waals surface area contributed by atoms with Crippen LogP contribution in [0.3, 0.4) is 0 Å². The molecule has 1 heterocycles. The van der Waals surface area contributed by atoms with Crippen molar-refractivity contribution in [2.75, 3.05) is 5.43 Å². The summed E-state index contributed by atoms with van der Waals surface area (Å²) in [7, 11) is 1.78. The predicted molar refractivity (Wildman–Crippen MR) is 70.2 cm³/mol. The van der Waals surface area contributed by atoms with E-state index in [1.165, 1.54) is 12.1 Å². The van der Waals surface area contributed by atoms with Crippen molar-refractivity contribution in [3.8, 4) is 0 Å². The molecule has 0 aliphatic carbocycles. The van der Waals surface area contributed by atoms with Crippen LogP contribution in [-0.2, 0) is 7.05 Å². The lowest BCUT2D eigenvalue weighted by Crippen LogP contribution is -2.30. The number of amides is 1. The van der Waals surface area contributed by atoms with Crippen LogP contribution in [0.4, 0.5) is 10.1 Å². The van der Waals surface area contributed by atoms with E-state index in [2.05, 4.69) is 16.0 Å². The minimum absolute atomic E-state index is 0.271. The van der Waals surface area contributed by atoms with Gasteiger partial charge in [0.05, 0.1) is 16.9 Å². The Morgan fingerprint density at radius 2 is 1.89 bits per heavy atom. The van der Waals surface area contributed by atoms with Gasteiger partial charge in [-0.15, -0.1) is 0 Å². The number of carbonyl (C=O) groups excluding carboxylic acids is 1. The van der Waals surface area contributed by atoms with Crippen LogP contribution in [0.15, 0.2) is 24.3 Å². The quantitative estimate of drug-likeness (QED) is 0.831. The van der Waals surface area contributed by atoms with Crippen LogP contribution in [0.2, 0.25) is 0 Å². The van der Waals surface area contributed by atoms with Gasteiger partial charge in [-0.2, -0.15) is 5.10 Å². The van der Waals surface area contributed by atoms with Crippen LogP contribution in [0.1, 0.15) is 21.7 Å². The van der Waals surface area contributed by atoms with Crippen molar-refractivity contribution in [2.24, 2.45) is 7.05 Å². The summed E-state index contributed by atoms with van der Waals surface area (Å²) in [5, 5.41) is 4.18. The fourth-order valence-corrected chi connectivity index (χ4v) is 1.83. The van der Waals surface area contributed by atoms with Crippen molar-refractivity contribution in [1.82, 2.24) is 15.2 Å². The predicted octanol–water partition coefficient (Wildman–Crippen LogP) is 1.93. The largest absolute Gasteiger partial charge is 0.298 e. The number of aromatic nitrogens is 2. The second-order valence-electron chi connectivity index (χ2n) is 4.26. The van der Waals surface area contributed by atoms with Gasteiger partial charge < -0.3 is 0 Å². The molecule has 1 aromatic heterocycles. The number of benzene rings is 1. The maximum absolute atomic E-state index is 12.7. The fourth-order valence-electron chi connectivity index (χ4n) is 1.83. The Hall–Kier alpha value is -2.37. The van der Waals surface area contributed by atoms with Gasteiger partial charge in [-0.25, -0.2) is 4.39 Å². The summed E-state index contributed by atoms with van der Waals surface area (Å²) >= 11 is 0. The van der Waals surface area contributed by atoms with E-state index in [-0.39, 0.29) is 11.7 Å². The third kappa shape index (κ3) is 2.73. The fraction of sp³-hybridized carbons (Fsp3) is 0.231. The van der Waals surface area contributed by atoms with Gasteiger partial charge in [-0.05, 0) is 38.1 Å². The molecule has 0 radical (unpaired) electrons. The normalized spacial score (nSPS) is 10.3. The molecule has 0 saturated heterocycles. The van der Waals surface area contributed by atoms with Crippen LogP contribution >= 0.6 is 0 Å². The average molecular weight is 262 g/mol. The number of carbonyl (C=O) groups is 1. The number of anilines is 1. The Balaban J connectivity index is 2.07. The maximum Gasteiger partial charge on any atom is 0.273 e. The Morgan fingerprint density at radius 3 is 2.42 bits per heavy atom. The molecule has 0 bridgehead atoms. The highest BCUT2D eigenvalue weighted by Gasteiger charge is 2.16. The first kappa shape index (κ1) is 13.1. The molecule has 0 aliphatic rings. The summed E-state index contributed by atoms with van der Waals surface area (Å²) in [5.74, 6) is -0.594. The first-order valence-corrected chi connectivity index (χ1v) is 5.81. The van der Waals surface area contributed by atoms with E-state index in [1.807, 2.05) is 6.92 Å². The number of aryl methyl sites for hydroxylation is 2. The van der Waals surface area contributed by atoms with E-state index in [9.17, 15) is 9.18 Å². The number of hydrogen-bond donors (Lipinski definition) is 2. The summed E-state index contributed by atoms with van der Waals surface area (Å²) in [6.45, 7) is 3.60. The Kier molecular flexibility index (Phi) is 3.50. The molecule has 0 spiro atoms. The topological polar surface area (TPSA) is 59.0 Å². The lowest BCUT2D eigenvalue weighted by atomic mass is 10.2. The highest BCUT2D eigenvalue weighted by molar-refractivity contribution is 5.97. The van der Waals surface area contributed by atoms with Gasteiger partial charge in [0.25, 0.3) is 5.91 Å². The number of hydrogen-bond acceptors (Lipinski definition) is 3.